The van der Waals surface area contributed by atoms with Crippen molar-refractivity contribution in [1.29, 1.82) is 0 Å². The first-order chi connectivity index (χ1) is 10.9. The van der Waals surface area contributed by atoms with Crippen LogP contribution in [0.1, 0.15) is 39.5 Å². The van der Waals surface area contributed by atoms with Crippen molar-refractivity contribution in [3.8, 4) is 0 Å². The minimum Gasteiger partial charge on any atom is -0.480 e. The van der Waals surface area contributed by atoms with E-state index in [-0.39, 0.29) is 24.6 Å². The van der Waals surface area contributed by atoms with Crippen LogP contribution in [-0.4, -0.2) is 55.9 Å². The molecule has 1 fully saturated rings. The molecule has 0 spiro atoms. The molecule has 1 atom stereocenters. The monoisotopic (exact) mass is 362 g/mol. The number of aliphatic carboxylic acids is 1. The number of amides is 2. The van der Waals surface area contributed by atoms with Crippen LogP contribution in [0.2, 0.25) is 0 Å². The molecule has 0 radical (unpaired) electrons. The van der Waals surface area contributed by atoms with Gasteiger partial charge < -0.3 is 15.7 Å². The molecule has 1 aliphatic rings. The average molecular weight is 362 g/mol. The molecule has 0 unspecified atom stereocenters. The second-order valence-corrected chi connectivity index (χ2v) is 9.25. The van der Waals surface area contributed by atoms with E-state index in [9.17, 15) is 22.8 Å². The van der Waals surface area contributed by atoms with E-state index >= 15 is 0 Å². The van der Waals surface area contributed by atoms with Crippen molar-refractivity contribution in [2.24, 2.45) is 11.3 Å². The molecule has 0 aromatic heterocycles. The number of nitrogens with one attached hydrogen (secondary N) is 2. The number of carbonyl (C=O) groups is 3. The van der Waals surface area contributed by atoms with Crippen molar-refractivity contribution < 1.29 is 27.9 Å². The zero-order chi connectivity index (χ0) is 18.5. The minimum atomic E-state index is -3.16. The van der Waals surface area contributed by atoms with E-state index in [1.54, 1.807) is 0 Å². The van der Waals surface area contributed by atoms with Gasteiger partial charge in [-0.25, -0.2) is 13.2 Å². The molecular weight excluding hydrogens is 336 g/mol. The summed E-state index contributed by atoms with van der Waals surface area (Å²) >= 11 is 0. The normalized spacial score (nSPS) is 17.2. The molecule has 0 aliphatic heterocycles. The maximum absolute atomic E-state index is 11.9. The third-order valence-corrected chi connectivity index (χ3v) is 4.98. The number of sulfone groups is 1. The first-order valence-electron chi connectivity index (χ1n) is 7.89. The van der Waals surface area contributed by atoms with Crippen LogP contribution >= 0.6 is 0 Å². The zero-order valence-corrected chi connectivity index (χ0v) is 15.1. The number of hydrogen-bond acceptors (Lipinski definition) is 5. The molecule has 24 heavy (non-hydrogen) atoms. The second-order valence-electron chi connectivity index (χ2n) is 7.11. The predicted molar refractivity (Wildman–Crippen MR) is 88.0 cm³/mol. The fraction of sp³-hybridized carbons (Fsp3) is 0.800. The van der Waals surface area contributed by atoms with Crippen LogP contribution in [0, 0.1) is 11.3 Å². The van der Waals surface area contributed by atoms with E-state index < -0.39 is 39.1 Å². The highest BCUT2D eigenvalue weighted by Gasteiger charge is 2.46. The summed E-state index contributed by atoms with van der Waals surface area (Å²) in [6, 6.07) is -0.991. The van der Waals surface area contributed by atoms with Gasteiger partial charge in [-0.2, -0.15) is 0 Å². The summed E-state index contributed by atoms with van der Waals surface area (Å²) in [5, 5.41) is 13.9. The molecule has 138 valence electrons. The van der Waals surface area contributed by atoms with Gasteiger partial charge in [-0.15, -0.1) is 0 Å². The van der Waals surface area contributed by atoms with Crippen LogP contribution in [0.4, 0.5) is 0 Å². The maximum Gasteiger partial charge on any atom is 0.326 e. The van der Waals surface area contributed by atoms with E-state index in [4.69, 9.17) is 5.11 Å². The van der Waals surface area contributed by atoms with Crippen LogP contribution in [0.15, 0.2) is 0 Å². The standard InChI is InChI=1S/C15H26N2O6S/c1-10(2)6-11(14(20)21)17-13(19)8-16-12(18)7-15(4-5-15)9-24(3,22)23/h10-11H,4-9H2,1-3H3,(H,16,18)(H,17,19)(H,20,21)/t11-/m0/s1. The van der Waals surface area contributed by atoms with E-state index in [0.29, 0.717) is 19.3 Å². The van der Waals surface area contributed by atoms with Crippen LogP contribution in [0.5, 0.6) is 0 Å². The third-order valence-electron chi connectivity index (χ3n) is 3.85. The molecule has 9 heteroatoms. The number of carboxylic acid groups (broad SMARTS) is 1. The zero-order valence-electron chi connectivity index (χ0n) is 14.3. The van der Waals surface area contributed by atoms with Crippen LogP contribution in [0.3, 0.4) is 0 Å². The van der Waals surface area contributed by atoms with Gasteiger partial charge in [0.05, 0.1) is 12.3 Å². The first kappa shape index (κ1) is 20.4. The lowest BCUT2D eigenvalue weighted by Crippen LogP contribution is -2.46. The van der Waals surface area contributed by atoms with Crippen LogP contribution < -0.4 is 10.6 Å². The highest BCUT2D eigenvalue weighted by Crippen LogP contribution is 2.49. The number of carbonyl (C=O) groups excluding carboxylic acids is 2. The van der Waals surface area contributed by atoms with Gasteiger partial charge in [0, 0.05) is 12.7 Å². The Bertz CT molecular complexity index is 595. The number of hydrogen-bond donors (Lipinski definition) is 3. The van der Waals surface area contributed by atoms with E-state index in [2.05, 4.69) is 10.6 Å². The molecule has 0 aromatic carbocycles. The largest absolute Gasteiger partial charge is 0.480 e. The lowest BCUT2D eigenvalue weighted by atomic mass is 10.0. The fourth-order valence-corrected chi connectivity index (χ4v) is 4.13. The molecule has 0 heterocycles. The third kappa shape index (κ3) is 7.76. The van der Waals surface area contributed by atoms with Gasteiger partial charge in [-0.3, -0.25) is 9.59 Å². The first-order valence-corrected chi connectivity index (χ1v) is 9.95. The molecule has 1 rings (SSSR count). The van der Waals surface area contributed by atoms with Crippen molar-refractivity contribution in [2.45, 2.75) is 45.6 Å². The molecule has 0 bridgehead atoms. The molecule has 2 amide bonds. The van der Waals surface area contributed by atoms with Gasteiger partial charge in [0.2, 0.25) is 11.8 Å². The Hall–Kier alpha value is -1.64. The molecule has 3 N–H and O–H groups in total. The maximum atomic E-state index is 11.9. The highest BCUT2D eigenvalue weighted by molar-refractivity contribution is 7.90. The summed E-state index contributed by atoms with van der Waals surface area (Å²) in [5.74, 6) is -2.03. The Labute approximate surface area is 142 Å². The summed E-state index contributed by atoms with van der Waals surface area (Å²) in [6.07, 6.45) is 2.84. The molecule has 8 nitrogen and oxygen atoms in total. The predicted octanol–water partition coefficient (Wildman–Crippen LogP) is -0.0670. The van der Waals surface area contributed by atoms with Crippen molar-refractivity contribution in [3.05, 3.63) is 0 Å². The Balaban J connectivity index is 2.41. The van der Waals surface area contributed by atoms with Gasteiger partial charge in [0.1, 0.15) is 15.9 Å². The molecular formula is C15H26N2O6S. The Morgan fingerprint density at radius 3 is 2.17 bits per heavy atom. The van der Waals surface area contributed by atoms with Crippen molar-refractivity contribution in [1.82, 2.24) is 10.6 Å². The van der Waals surface area contributed by atoms with Crippen molar-refractivity contribution in [2.75, 3.05) is 18.6 Å². The van der Waals surface area contributed by atoms with Crippen molar-refractivity contribution >= 4 is 27.6 Å². The number of carboxylic acids is 1. The lowest BCUT2D eigenvalue weighted by Gasteiger charge is -2.17. The van der Waals surface area contributed by atoms with E-state index in [1.807, 2.05) is 13.8 Å². The summed E-state index contributed by atoms with van der Waals surface area (Å²) < 4.78 is 22.7. The van der Waals surface area contributed by atoms with Gasteiger partial charge in [-0.1, -0.05) is 13.8 Å². The number of rotatable bonds is 10. The molecule has 0 saturated heterocycles. The van der Waals surface area contributed by atoms with Gasteiger partial charge >= 0.3 is 5.97 Å². The SMILES string of the molecule is CC(C)C[C@H](NC(=O)CNC(=O)CC1(CS(C)(=O)=O)CC1)C(=O)O. The van der Waals surface area contributed by atoms with Gasteiger partial charge in [0.15, 0.2) is 0 Å². The lowest BCUT2D eigenvalue weighted by molar-refractivity contribution is -0.142. The highest BCUT2D eigenvalue weighted by atomic mass is 32.2. The average Bonchev–Trinajstić information content (AvgIpc) is 3.11. The Morgan fingerprint density at radius 1 is 1.17 bits per heavy atom. The summed E-state index contributed by atoms with van der Waals surface area (Å²) in [6.45, 7) is 3.37. The summed E-state index contributed by atoms with van der Waals surface area (Å²) in [5.41, 5.74) is -0.505. The smallest absolute Gasteiger partial charge is 0.326 e. The quantitative estimate of drug-likeness (QED) is 0.499. The van der Waals surface area contributed by atoms with E-state index in [1.165, 1.54) is 0 Å². The van der Waals surface area contributed by atoms with Gasteiger partial charge in [-0.05, 0) is 30.6 Å². The Kier molecular flexibility index (Phi) is 6.76. The summed E-state index contributed by atoms with van der Waals surface area (Å²) in [4.78, 5) is 34.7. The van der Waals surface area contributed by atoms with Crippen LogP contribution in [0.25, 0.3) is 0 Å². The van der Waals surface area contributed by atoms with Gasteiger partial charge in [0.25, 0.3) is 0 Å². The molecule has 1 aliphatic carbocycles. The molecule has 0 aromatic rings. The Morgan fingerprint density at radius 2 is 1.75 bits per heavy atom. The molecule has 1 saturated carbocycles. The fourth-order valence-electron chi connectivity index (χ4n) is 2.63. The van der Waals surface area contributed by atoms with Crippen molar-refractivity contribution in [3.63, 3.8) is 0 Å². The minimum absolute atomic E-state index is 0.0326. The van der Waals surface area contributed by atoms with Crippen LogP contribution in [-0.2, 0) is 24.2 Å². The van der Waals surface area contributed by atoms with E-state index in [0.717, 1.165) is 6.26 Å². The topological polar surface area (TPSA) is 130 Å². The summed E-state index contributed by atoms with van der Waals surface area (Å²) in [7, 11) is -3.16. The second kappa shape index (κ2) is 7.96.